The van der Waals surface area contributed by atoms with E-state index in [0.29, 0.717) is 38.5 Å². The zero-order valence-corrected chi connectivity index (χ0v) is 19.2. The van der Waals surface area contributed by atoms with E-state index in [1.165, 1.54) is 4.31 Å². The maximum absolute atomic E-state index is 12.4. The molecule has 1 saturated heterocycles. The van der Waals surface area contributed by atoms with Crippen LogP contribution in [0.25, 0.3) is 0 Å². The number of rotatable bonds is 8. The first-order valence-electron chi connectivity index (χ1n) is 9.41. The molecule has 1 aliphatic heterocycles. The number of piperazine rings is 1. The average molecular weight is 425 g/mol. The smallest absolute Gasteiger partial charge is 0.216 e. The van der Waals surface area contributed by atoms with Crippen molar-refractivity contribution in [3.8, 4) is 0 Å². The Kier molecular flexibility index (Phi) is 9.67. The second-order valence-corrected chi connectivity index (χ2v) is 12.2. The second kappa shape index (κ2) is 10.7. The number of ether oxygens (including phenoxy) is 1. The van der Waals surface area contributed by atoms with Crippen LogP contribution in [-0.2, 0) is 25.6 Å². The largest absolute Gasteiger partial charge is 0.378 e. The first-order chi connectivity index (χ1) is 12.5. The topological polar surface area (TPSA) is 91.3 Å². The number of nitrogens with zero attached hydrogens (tertiary/aromatic N) is 3. The Labute approximate surface area is 167 Å². The molecule has 1 N–H and O–H groups in total. The molecule has 0 aromatic rings. The normalized spacial score (nSPS) is 18.8. The van der Waals surface area contributed by atoms with Crippen molar-refractivity contribution in [2.45, 2.75) is 45.5 Å². The molecule has 0 spiro atoms. The van der Waals surface area contributed by atoms with Gasteiger partial charge in [-0.1, -0.05) is 0 Å². The monoisotopic (exact) mass is 424 g/mol. The van der Waals surface area contributed by atoms with E-state index >= 15 is 0 Å². The highest BCUT2D eigenvalue weighted by atomic mass is 32.2. The highest BCUT2D eigenvalue weighted by Crippen LogP contribution is 2.11. The van der Waals surface area contributed by atoms with Gasteiger partial charge in [0.05, 0.1) is 18.5 Å². The zero-order chi connectivity index (χ0) is 20.7. The van der Waals surface area contributed by atoms with Crippen LogP contribution < -0.4 is 5.32 Å². The molecule has 1 heterocycles. The van der Waals surface area contributed by atoms with Gasteiger partial charge in [0.2, 0.25) is 10.0 Å². The van der Waals surface area contributed by atoms with Gasteiger partial charge in [-0.05, 0) is 34.6 Å². The summed E-state index contributed by atoms with van der Waals surface area (Å²) in [6.07, 6.45) is 0.0269. The summed E-state index contributed by atoms with van der Waals surface area (Å²) in [7, 11) is -2.51. The van der Waals surface area contributed by atoms with Gasteiger partial charge in [0.1, 0.15) is 0 Å². The number of nitrogens with one attached hydrogen (secondary N) is 1. The summed E-state index contributed by atoms with van der Waals surface area (Å²) in [6, 6.07) is 0. The Morgan fingerprint density at radius 2 is 1.81 bits per heavy atom. The third-order valence-electron chi connectivity index (χ3n) is 4.19. The van der Waals surface area contributed by atoms with E-state index in [2.05, 4.69) is 10.3 Å². The molecule has 8 nitrogen and oxygen atoms in total. The van der Waals surface area contributed by atoms with E-state index in [-0.39, 0.29) is 23.2 Å². The predicted octanol–water partition coefficient (Wildman–Crippen LogP) is 0.481. The molecule has 160 valence electrons. The fraction of sp³-hybridized carbons (Fsp3) is 0.941. The SMILES string of the molecule is CN=C(NCCS(=O)C(C)(C)C)N1CCN(S(=O)(=O)CCOC(C)C)CC1. The van der Waals surface area contributed by atoms with Gasteiger partial charge in [-0.2, -0.15) is 4.31 Å². The van der Waals surface area contributed by atoms with Gasteiger partial charge in [0.15, 0.2) is 5.96 Å². The molecule has 1 unspecified atom stereocenters. The summed E-state index contributed by atoms with van der Waals surface area (Å²) < 4.78 is 43.6. The van der Waals surface area contributed by atoms with Gasteiger partial charge < -0.3 is 15.0 Å². The third-order valence-corrected chi connectivity index (χ3v) is 7.96. The number of aliphatic imine (C=N–C) groups is 1. The molecule has 0 aliphatic carbocycles. The third kappa shape index (κ3) is 8.45. The van der Waals surface area contributed by atoms with Crippen LogP contribution in [0.3, 0.4) is 0 Å². The minimum Gasteiger partial charge on any atom is -0.378 e. The quantitative estimate of drug-likeness (QED) is 0.450. The first kappa shape index (κ1) is 24.3. The molecular weight excluding hydrogens is 388 g/mol. The van der Waals surface area contributed by atoms with Crippen LogP contribution in [0.2, 0.25) is 0 Å². The van der Waals surface area contributed by atoms with Crippen LogP contribution >= 0.6 is 0 Å². The predicted molar refractivity (Wildman–Crippen MR) is 112 cm³/mol. The van der Waals surface area contributed by atoms with Crippen molar-refractivity contribution in [2.24, 2.45) is 4.99 Å². The maximum atomic E-state index is 12.4. The molecular formula is C17H36N4O4S2. The lowest BCUT2D eigenvalue weighted by Gasteiger charge is -2.36. The van der Waals surface area contributed by atoms with E-state index in [1.54, 1.807) is 7.05 Å². The van der Waals surface area contributed by atoms with Crippen molar-refractivity contribution < 1.29 is 17.4 Å². The van der Waals surface area contributed by atoms with Gasteiger partial charge in [-0.3, -0.25) is 9.20 Å². The molecule has 1 rings (SSSR count). The van der Waals surface area contributed by atoms with Crippen molar-refractivity contribution in [1.82, 2.24) is 14.5 Å². The fourth-order valence-corrected chi connectivity index (χ4v) is 4.77. The fourth-order valence-electron chi connectivity index (χ4n) is 2.59. The molecule has 0 radical (unpaired) electrons. The van der Waals surface area contributed by atoms with Crippen molar-refractivity contribution in [2.75, 3.05) is 57.9 Å². The van der Waals surface area contributed by atoms with Crippen molar-refractivity contribution >= 4 is 26.8 Å². The van der Waals surface area contributed by atoms with E-state index in [9.17, 15) is 12.6 Å². The average Bonchev–Trinajstić information content (AvgIpc) is 2.57. The standard InChI is InChI=1S/C17H36N4O4S2/c1-15(2)25-12-14-27(23,24)21-10-8-20(9-11-21)16(18-6)19-7-13-26(22)17(3,4)5/h15H,7-14H2,1-6H3,(H,18,19). The summed E-state index contributed by atoms with van der Waals surface area (Å²) in [5.41, 5.74) is 0. The Morgan fingerprint density at radius 1 is 1.22 bits per heavy atom. The van der Waals surface area contributed by atoms with Crippen LogP contribution in [-0.4, -0.2) is 96.5 Å². The molecule has 10 heteroatoms. The molecule has 0 bridgehead atoms. The Morgan fingerprint density at radius 3 is 2.30 bits per heavy atom. The number of sulfonamides is 1. The van der Waals surface area contributed by atoms with Crippen LogP contribution in [0.1, 0.15) is 34.6 Å². The Hall–Kier alpha value is -0.710. The lowest BCUT2D eigenvalue weighted by atomic mass is 10.3. The van der Waals surface area contributed by atoms with Crippen molar-refractivity contribution in [1.29, 1.82) is 0 Å². The van der Waals surface area contributed by atoms with Gasteiger partial charge in [-0.25, -0.2) is 8.42 Å². The number of hydrogen-bond acceptors (Lipinski definition) is 5. The highest BCUT2D eigenvalue weighted by molar-refractivity contribution is 7.89. The van der Waals surface area contributed by atoms with Crippen LogP contribution in [0, 0.1) is 0 Å². The van der Waals surface area contributed by atoms with E-state index < -0.39 is 20.8 Å². The molecule has 0 saturated carbocycles. The summed E-state index contributed by atoms with van der Waals surface area (Å²) in [5, 5.41) is 3.24. The molecule has 0 amide bonds. The molecule has 1 atom stereocenters. The maximum Gasteiger partial charge on any atom is 0.216 e. The minimum absolute atomic E-state index is 0.0107. The van der Waals surface area contributed by atoms with Gasteiger partial charge >= 0.3 is 0 Å². The van der Waals surface area contributed by atoms with Gasteiger partial charge in [-0.15, -0.1) is 0 Å². The zero-order valence-electron chi connectivity index (χ0n) is 17.5. The van der Waals surface area contributed by atoms with Crippen LogP contribution in [0.15, 0.2) is 4.99 Å². The number of hydrogen-bond donors (Lipinski definition) is 1. The van der Waals surface area contributed by atoms with Crippen LogP contribution in [0.5, 0.6) is 0 Å². The van der Waals surface area contributed by atoms with Gasteiger partial charge in [0, 0.05) is 61.1 Å². The number of guanidine groups is 1. The molecule has 1 fully saturated rings. The Balaban J connectivity index is 2.46. The van der Waals surface area contributed by atoms with E-state index in [1.807, 2.05) is 39.5 Å². The Bertz CT molecular complexity index is 607. The van der Waals surface area contributed by atoms with Crippen molar-refractivity contribution in [3.05, 3.63) is 0 Å². The lowest BCUT2D eigenvalue weighted by molar-refractivity contribution is 0.0904. The summed E-state index contributed by atoms with van der Waals surface area (Å²) in [5.74, 6) is 1.28. The molecule has 27 heavy (non-hydrogen) atoms. The molecule has 1 aliphatic rings. The second-order valence-electron chi connectivity index (χ2n) is 7.76. The van der Waals surface area contributed by atoms with Crippen LogP contribution in [0.4, 0.5) is 0 Å². The summed E-state index contributed by atoms with van der Waals surface area (Å²) in [4.78, 5) is 6.31. The summed E-state index contributed by atoms with van der Waals surface area (Å²) >= 11 is 0. The van der Waals surface area contributed by atoms with Gasteiger partial charge in [0.25, 0.3) is 0 Å². The van der Waals surface area contributed by atoms with E-state index in [4.69, 9.17) is 4.74 Å². The lowest BCUT2D eigenvalue weighted by Crippen LogP contribution is -2.54. The molecule has 0 aromatic heterocycles. The molecule has 0 aromatic carbocycles. The summed E-state index contributed by atoms with van der Waals surface area (Å²) in [6.45, 7) is 12.5. The minimum atomic E-state index is -3.30. The van der Waals surface area contributed by atoms with Crippen molar-refractivity contribution in [3.63, 3.8) is 0 Å². The first-order valence-corrected chi connectivity index (χ1v) is 12.3. The van der Waals surface area contributed by atoms with E-state index in [0.717, 1.165) is 5.96 Å². The highest BCUT2D eigenvalue weighted by Gasteiger charge is 2.28.